The minimum atomic E-state index is -0.580. The molecule has 0 amide bonds. The van der Waals surface area contributed by atoms with Crippen molar-refractivity contribution >= 4 is 76.4 Å². The molecule has 3 aromatic carbocycles. The lowest BCUT2D eigenvalue weighted by molar-refractivity contribution is -0.386. The Hall–Kier alpha value is -5.29. The molecule has 2 aromatic heterocycles. The van der Waals surface area contributed by atoms with Crippen molar-refractivity contribution in [3.8, 4) is 0 Å². The van der Waals surface area contributed by atoms with Gasteiger partial charge in [-0.15, -0.1) is 0 Å². The van der Waals surface area contributed by atoms with Crippen LogP contribution >= 0.6 is 31.9 Å². The minimum absolute atomic E-state index is 0.0536. The van der Waals surface area contributed by atoms with Crippen molar-refractivity contribution < 1.29 is 33.1 Å². The number of benzene rings is 3. The van der Waals surface area contributed by atoms with Gasteiger partial charge in [0.05, 0.1) is 70.5 Å². The second-order valence-corrected chi connectivity index (χ2v) is 11.6. The number of hydrogen-bond acceptors (Lipinski definition) is 12. The van der Waals surface area contributed by atoms with Gasteiger partial charge in [0.25, 0.3) is 17.1 Å². The molecule has 17 heteroatoms. The summed E-state index contributed by atoms with van der Waals surface area (Å²) in [6, 6.07) is 12.1. The first-order valence-electron chi connectivity index (χ1n) is 13.3. The SMILES string of the molecule is COC(=O)c1ccc(Br)c([N+](=O)[O-])c1C.O=c1occc2c([N+](=O)[O-])c(Br)ccc12.O=c1occc2c([N+](=O)[O-])c(C3CC3)ccc12. The number of nitro benzene ring substituents is 3. The molecule has 5 aromatic rings. The molecule has 242 valence electrons. The Morgan fingerprint density at radius 3 is 1.68 bits per heavy atom. The van der Waals surface area contributed by atoms with Gasteiger partial charge in [-0.25, -0.2) is 14.4 Å². The summed E-state index contributed by atoms with van der Waals surface area (Å²) in [7, 11) is 1.23. The molecule has 1 aliphatic rings. The summed E-state index contributed by atoms with van der Waals surface area (Å²) in [6.07, 6.45) is 4.31. The molecule has 0 radical (unpaired) electrons. The third-order valence-electron chi connectivity index (χ3n) is 7.03. The Labute approximate surface area is 279 Å². The first-order chi connectivity index (χ1) is 22.3. The van der Waals surface area contributed by atoms with Crippen LogP contribution in [0.2, 0.25) is 0 Å². The summed E-state index contributed by atoms with van der Waals surface area (Å²) in [5.74, 6) is -0.310. The van der Waals surface area contributed by atoms with Gasteiger partial charge in [-0.3, -0.25) is 30.3 Å². The number of hydrogen-bond donors (Lipinski definition) is 0. The van der Waals surface area contributed by atoms with Gasteiger partial charge in [-0.2, -0.15) is 0 Å². The summed E-state index contributed by atoms with van der Waals surface area (Å²) >= 11 is 6.13. The zero-order valence-electron chi connectivity index (χ0n) is 24.3. The molecular formula is C30H21Br2N3O12. The molecule has 0 bridgehead atoms. The van der Waals surface area contributed by atoms with E-state index in [0.717, 1.165) is 24.7 Å². The monoisotopic (exact) mass is 773 g/mol. The lowest BCUT2D eigenvalue weighted by Crippen LogP contribution is -2.06. The Morgan fingerprint density at radius 1 is 0.723 bits per heavy atom. The topological polar surface area (TPSA) is 216 Å². The van der Waals surface area contributed by atoms with Gasteiger partial charge >= 0.3 is 17.2 Å². The smallest absolute Gasteiger partial charge is 0.343 e. The van der Waals surface area contributed by atoms with Gasteiger partial charge in [-0.05, 0) is 100 Å². The number of nitro groups is 3. The highest BCUT2D eigenvalue weighted by Gasteiger charge is 2.32. The maximum Gasteiger partial charge on any atom is 0.343 e. The van der Waals surface area contributed by atoms with Crippen LogP contribution < -0.4 is 11.3 Å². The molecule has 1 saturated carbocycles. The fraction of sp³-hybridized carbons (Fsp3) is 0.167. The van der Waals surface area contributed by atoms with E-state index in [4.69, 9.17) is 4.42 Å². The first-order valence-corrected chi connectivity index (χ1v) is 14.9. The quantitative estimate of drug-likeness (QED) is 0.0964. The molecule has 0 N–H and O–H groups in total. The van der Waals surface area contributed by atoms with Gasteiger partial charge in [0.2, 0.25) is 0 Å². The predicted octanol–water partition coefficient (Wildman–Crippen LogP) is 7.49. The fourth-order valence-electron chi connectivity index (χ4n) is 4.69. The van der Waals surface area contributed by atoms with E-state index < -0.39 is 32.0 Å². The third-order valence-corrected chi connectivity index (χ3v) is 8.31. The van der Waals surface area contributed by atoms with Crippen LogP contribution in [-0.2, 0) is 4.74 Å². The highest BCUT2D eigenvalue weighted by molar-refractivity contribution is 9.11. The Kier molecular flexibility index (Phi) is 10.6. The van der Waals surface area contributed by atoms with E-state index in [-0.39, 0.29) is 44.7 Å². The molecule has 47 heavy (non-hydrogen) atoms. The van der Waals surface area contributed by atoms with Crippen LogP contribution in [0.25, 0.3) is 21.5 Å². The van der Waals surface area contributed by atoms with Crippen LogP contribution in [0.4, 0.5) is 17.1 Å². The molecule has 1 fully saturated rings. The standard InChI is InChI=1S/C12H9NO4.C9H4BrNO4.C9H8BrNO4/c14-12-10-4-3-8(7-1-2-7)11(13(15)16)9(10)5-6-17-12;10-7-2-1-6-5(8(7)11(13)14)3-4-15-9(6)12;1-5-6(9(12)15-2)3-4-7(10)8(5)11(13)14/h3-7H,1-2H2;1-4H;3-4H,1-2H3. The number of rotatable bonds is 5. The molecule has 0 spiro atoms. The number of ether oxygens (including phenoxy) is 1. The number of fused-ring (bicyclic) bond motifs is 2. The van der Waals surface area contributed by atoms with Crippen molar-refractivity contribution in [2.45, 2.75) is 25.7 Å². The Morgan fingerprint density at radius 2 is 1.19 bits per heavy atom. The van der Waals surface area contributed by atoms with Crippen LogP contribution in [0.3, 0.4) is 0 Å². The Balaban J connectivity index is 0.000000160. The zero-order valence-corrected chi connectivity index (χ0v) is 27.4. The normalized spacial score (nSPS) is 11.9. The van der Waals surface area contributed by atoms with E-state index in [0.29, 0.717) is 19.9 Å². The number of esters is 1. The lowest BCUT2D eigenvalue weighted by atomic mass is 10.0. The van der Waals surface area contributed by atoms with E-state index in [1.54, 1.807) is 12.1 Å². The van der Waals surface area contributed by atoms with Gasteiger partial charge in [-0.1, -0.05) is 6.07 Å². The second kappa shape index (κ2) is 14.4. The average Bonchev–Trinajstić information content (AvgIpc) is 3.86. The van der Waals surface area contributed by atoms with E-state index in [9.17, 15) is 44.7 Å². The van der Waals surface area contributed by atoms with Crippen LogP contribution in [-0.4, -0.2) is 27.8 Å². The van der Waals surface area contributed by atoms with E-state index in [1.165, 1.54) is 56.7 Å². The lowest BCUT2D eigenvalue weighted by Gasteiger charge is -2.05. The summed E-state index contributed by atoms with van der Waals surface area (Å²) in [6.45, 7) is 1.51. The van der Waals surface area contributed by atoms with Gasteiger partial charge in [0, 0.05) is 11.1 Å². The Bertz CT molecular complexity index is 2190. The molecule has 0 unspecified atom stereocenters. The zero-order chi connectivity index (χ0) is 34.6. The van der Waals surface area contributed by atoms with E-state index in [2.05, 4.69) is 41.0 Å². The van der Waals surface area contributed by atoms with Gasteiger partial charge in [0.15, 0.2) is 0 Å². The molecule has 0 saturated heterocycles. The summed E-state index contributed by atoms with van der Waals surface area (Å²) in [4.78, 5) is 65.2. The molecule has 6 rings (SSSR count). The van der Waals surface area contributed by atoms with Crippen molar-refractivity contribution in [2.75, 3.05) is 7.11 Å². The van der Waals surface area contributed by atoms with Crippen molar-refractivity contribution in [1.29, 1.82) is 0 Å². The van der Waals surface area contributed by atoms with Gasteiger partial charge in [0.1, 0.15) is 0 Å². The molecule has 1 aliphatic carbocycles. The van der Waals surface area contributed by atoms with E-state index in [1.807, 2.05) is 0 Å². The van der Waals surface area contributed by atoms with Crippen LogP contribution in [0.1, 0.15) is 40.2 Å². The summed E-state index contributed by atoms with van der Waals surface area (Å²) < 4.78 is 14.5. The molecule has 15 nitrogen and oxygen atoms in total. The van der Waals surface area contributed by atoms with Crippen LogP contribution in [0.15, 0.2) is 88.4 Å². The predicted molar refractivity (Wildman–Crippen MR) is 175 cm³/mol. The van der Waals surface area contributed by atoms with Crippen LogP contribution in [0, 0.1) is 37.3 Å². The maximum absolute atomic E-state index is 11.5. The maximum atomic E-state index is 11.5. The van der Waals surface area contributed by atoms with Crippen molar-refractivity contribution in [3.05, 3.63) is 138 Å². The highest BCUT2D eigenvalue weighted by atomic mass is 79.9. The first kappa shape index (κ1) is 34.6. The number of nitrogens with zero attached hydrogens (tertiary/aromatic N) is 3. The molecule has 0 aliphatic heterocycles. The molecule has 0 atom stereocenters. The highest BCUT2D eigenvalue weighted by Crippen LogP contribution is 2.46. The second-order valence-electron chi connectivity index (χ2n) is 9.84. The average molecular weight is 775 g/mol. The van der Waals surface area contributed by atoms with Crippen molar-refractivity contribution in [2.24, 2.45) is 0 Å². The minimum Gasteiger partial charge on any atom is -0.465 e. The number of halogens is 2. The number of methoxy groups -OCH3 is 1. The van der Waals surface area contributed by atoms with Gasteiger partial charge < -0.3 is 13.6 Å². The summed E-state index contributed by atoms with van der Waals surface area (Å²) in [5.41, 5.74) is -0.0750. The van der Waals surface area contributed by atoms with Crippen LogP contribution in [0.5, 0.6) is 0 Å². The number of carbonyl (C=O) groups is 1. The van der Waals surface area contributed by atoms with Crippen molar-refractivity contribution in [1.82, 2.24) is 0 Å². The van der Waals surface area contributed by atoms with E-state index >= 15 is 0 Å². The molecule has 2 heterocycles. The fourth-order valence-corrected chi connectivity index (χ4v) is 5.75. The third kappa shape index (κ3) is 7.41. The van der Waals surface area contributed by atoms with Crippen molar-refractivity contribution in [3.63, 3.8) is 0 Å². The summed E-state index contributed by atoms with van der Waals surface area (Å²) in [5, 5.41) is 33.8. The number of carbonyl (C=O) groups excluding carboxylic acids is 1. The largest absolute Gasteiger partial charge is 0.465 e. The molecular weight excluding hydrogens is 754 g/mol.